The fourth-order valence-corrected chi connectivity index (χ4v) is 2.45. The second-order valence-corrected chi connectivity index (χ2v) is 4.47. The molecule has 0 saturated heterocycles. The van der Waals surface area contributed by atoms with Gasteiger partial charge in [0, 0.05) is 11.9 Å². The topological polar surface area (TPSA) is 36.0 Å². The summed E-state index contributed by atoms with van der Waals surface area (Å²) in [6.45, 7) is 2.24. The fourth-order valence-electron chi connectivity index (χ4n) is 2.45. The molecule has 0 unspecified atom stereocenters. The molecule has 1 aliphatic carbocycles. The molecule has 2 nitrogen and oxygen atoms in total. The van der Waals surface area contributed by atoms with Crippen LogP contribution in [0.1, 0.15) is 44.7 Å². The molecular formula is C12H19NO. The summed E-state index contributed by atoms with van der Waals surface area (Å²) in [5.74, 6) is 0.824. The highest BCUT2D eigenvalue weighted by Crippen LogP contribution is 2.39. The van der Waals surface area contributed by atoms with Crippen molar-refractivity contribution in [2.45, 2.75) is 44.6 Å². The normalized spacial score (nSPS) is 33.1. The van der Waals surface area contributed by atoms with Crippen molar-refractivity contribution >= 4 is 0 Å². The Kier molecular flexibility index (Phi) is 2.64. The van der Waals surface area contributed by atoms with E-state index in [4.69, 9.17) is 0 Å². The third-order valence-electron chi connectivity index (χ3n) is 3.61. The minimum absolute atomic E-state index is 0.574. The zero-order chi connectivity index (χ0) is 10.0. The van der Waals surface area contributed by atoms with Crippen molar-refractivity contribution in [2.75, 3.05) is 0 Å². The third kappa shape index (κ3) is 1.71. The van der Waals surface area contributed by atoms with Gasteiger partial charge in [0.25, 0.3) is 0 Å². The van der Waals surface area contributed by atoms with Crippen molar-refractivity contribution in [1.82, 2.24) is 4.98 Å². The molecule has 78 valence electrons. The first kappa shape index (κ1) is 9.78. The van der Waals surface area contributed by atoms with Crippen molar-refractivity contribution in [3.63, 3.8) is 0 Å². The fraction of sp³-hybridized carbons (Fsp3) is 0.667. The van der Waals surface area contributed by atoms with Crippen LogP contribution < -0.4 is 0 Å². The van der Waals surface area contributed by atoms with E-state index >= 15 is 0 Å². The second-order valence-electron chi connectivity index (χ2n) is 4.47. The lowest BCUT2D eigenvalue weighted by molar-refractivity contribution is -0.0178. The Morgan fingerprint density at radius 2 is 2.21 bits per heavy atom. The summed E-state index contributed by atoms with van der Waals surface area (Å²) < 4.78 is 0. The molecule has 0 aromatic carbocycles. The number of hydrogen-bond donors (Lipinski definition) is 2. The quantitative estimate of drug-likeness (QED) is 0.744. The molecule has 0 bridgehead atoms. The lowest BCUT2D eigenvalue weighted by Gasteiger charge is -2.35. The van der Waals surface area contributed by atoms with E-state index in [1.54, 1.807) is 0 Å². The summed E-state index contributed by atoms with van der Waals surface area (Å²) in [6.07, 6.45) is 7.27. The molecule has 14 heavy (non-hydrogen) atoms. The molecule has 1 aromatic heterocycles. The van der Waals surface area contributed by atoms with Gasteiger partial charge in [-0.05, 0) is 43.7 Å². The maximum absolute atomic E-state index is 10.4. The van der Waals surface area contributed by atoms with Crippen LogP contribution >= 0.6 is 0 Å². The van der Waals surface area contributed by atoms with Gasteiger partial charge in [0.15, 0.2) is 0 Å². The Balaban J connectivity index is 2.06. The molecule has 0 amide bonds. The van der Waals surface area contributed by atoms with E-state index in [0.717, 1.165) is 37.3 Å². The molecule has 0 atom stereocenters. The van der Waals surface area contributed by atoms with Gasteiger partial charge in [-0.1, -0.05) is 13.3 Å². The van der Waals surface area contributed by atoms with Crippen molar-refractivity contribution in [1.29, 1.82) is 0 Å². The van der Waals surface area contributed by atoms with Crippen LogP contribution in [0, 0.1) is 5.92 Å². The van der Waals surface area contributed by atoms with Crippen LogP contribution in [-0.4, -0.2) is 10.1 Å². The molecule has 0 aliphatic heterocycles. The van der Waals surface area contributed by atoms with Crippen LogP contribution in [0.5, 0.6) is 0 Å². The molecule has 1 fully saturated rings. The van der Waals surface area contributed by atoms with Gasteiger partial charge >= 0.3 is 0 Å². The first-order valence-corrected chi connectivity index (χ1v) is 5.61. The number of aromatic nitrogens is 1. The van der Waals surface area contributed by atoms with E-state index in [9.17, 15) is 5.11 Å². The molecular weight excluding hydrogens is 174 g/mol. The summed E-state index contributed by atoms with van der Waals surface area (Å²) in [5, 5.41) is 10.4. The largest absolute Gasteiger partial charge is 0.384 e. The van der Waals surface area contributed by atoms with Crippen LogP contribution in [0.2, 0.25) is 0 Å². The Morgan fingerprint density at radius 1 is 1.50 bits per heavy atom. The standard InChI is InChI=1S/C12H19NO/c1-2-10-5-7-12(14,8-6-10)11-4-3-9-13-11/h3-4,9-10,13-14H,2,5-8H2,1H3. The first-order chi connectivity index (χ1) is 6.74. The third-order valence-corrected chi connectivity index (χ3v) is 3.61. The van der Waals surface area contributed by atoms with E-state index < -0.39 is 5.60 Å². The van der Waals surface area contributed by atoms with E-state index in [2.05, 4.69) is 11.9 Å². The van der Waals surface area contributed by atoms with Gasteiger partial charge < -0.3 is 10.1 Å². The molecule has 2 heteroatoms. The van der Waals surface area contributed by atoms with Gasteiger partial charge in [-0.15, -0.1) is 0 Å². The predicted molar refractivity (Wildman–Crippen MR) is 56.9 cm³/mol. The average Bonchev–Trinajstić information content (AvgIpc) is 2.72. The highest BCUT2D eigenvalue weighted by atomic mass is 16.3. The summed E-state index contributed by atoms with van der Waals surface area (Å²) in [5.41, 5.74) is 0.418. The minimum atomic E-state index is -0.574. The summed E-state index contributed by atoms with van der Waals surface area (Å²) in [7, 11) is 0. The maximum Gasteiger partial charge on any atom is 0.104 e. The highest BCUT2D eigenvalue weighted by molar-refractivity contribution is 5.14. The molecule has 1 aromatic rings. The van der Waals surface area contributed by atoms with Crippen molar-refractivity contribution in [2.24, 2.45) is 5.92 Å². The lowest BCUT2D eigenvalue weighted by atomic mass is 9.76. The van der Waals surface area contributed by atoms with Crippen molar-refractivity contribution in [3.8, 4) is 0 Å². The predicted octanol–water partition coefficient (Wildman–Crippen LogP) is 2.80. The summed E-state index contributed by atoms with van der Waals surface area (Å²) in [4.78, 5) is 3.13. The van der Waals surface area contributed by atoms with Gasteiger partial charge in [-0.25, -0.2) is 0 Å². The Bertz CT molecular complexity index is 271. The van der Waals surface area contributed by atoms with Gasteiger partial charge in [-0.3, -0.25) is 0 Å². The van der Waals surface area contributed by atoms with Crippen LogP contribution in [0.4, 0.5) is 0 Å². The molecule has 2 rings (SSSR count). The SMILES string of the molecule is CCC1CCC(O)(c2ccc[nH]2)CC1. The van der Waals surface area contributed by atoms with Crippen LogP contribution in [0.15, 0.2) is 18.3 Å². The molecule has 0 radical (unpaired) electrons. The smallest absolute Gasteiger partial charge is 0.104 e. The Morgan fingerprint density at radius 3 is 2.71 bits per heavy atom. The van der Waals surface area contributed by atoms with Crippen LogP contribution in [-0.2, 0) is 5.60 Å². The summed E-state index contributed by atoms with van der Waals surface area (Å²) in [6, 6.07) is 3.95. The van der Waals surface area contributed by atoms with Gasteiger partial charge in [0.1, 0.15) is 5.60 Å². The van der Waals surface area contributed by atoms with Crippen LogP contribution in [0.3, 0.4) is 0 Å². The zero-order valence-electron chi connectivity index (χ0n) is 8.79. The lowest BCUT2D eigenvalue weighted by Crippen LogP contribution is -2.31. The summed E-state index contributed by atoms with van der Waals surface area (Å²) >= 11 is 0. The van der Waals surface area contributed by atoms with Gasteiger partial charge in [-0.2, -0.15) is 0 Å². The second kappa shape index (κ2) is 3.77. The van der Waals surface area contributed by atoms with Gasteiger partial charge in [0.05, 0.1) is 0 Å². The number of hydrogen-bond acceptors (Lipinski definition) is 1. The number of rotatable bonds is 2. The molecule has 0 spiro atoms. The Hall–Kier alpha value is -0.760. The molecule has 1 saturated carbocycles. The number of H-pyrrole nitrogens is 1. The average molecular weight is 193 g/mol. The van der Waals surface area contributed by atoms with Crippen molar-refractivity contribution in [3.05, 3.63) is 24.0 Å². The van der Waals surface area contributed by atoms with E-state index in [0.29, 0.717) is 0 Å². The minimum Gasteiger partial charge on any atom is -0.384 e. The molecule has 2 N–H and O–H groups in total. The highest BCUT2D eigenvalue weighted by Gasteiger charge is 2.34. The number of nitrogens with one attached hydrogen (secondary N) is 1. The molecule has 1 heterocycles. The van der Waals surface area contributed by atoms with E-state index in [1.807, 2.05) is 18.3 Å². The van der Waals surface area contributed by atoms with E-state index in [-0.39, 0.29) is 0 Å². The Labute approximate surface area is 85.3 Å². The monoisotopic (exact) mass is 193 g/mol. The van der Waals surface area contributed by atoms with Crippen molar-refractivity contribution < 1.29 is 5.11 Å². The number of aliphatic hydroxyl groups is 1. The maximum atomic E-state index is 10.4. The number of aromatic amines is 1. The van der Waals surface area contributed by atoms with Crippen LogP contribution in [0.25, 0.3) is 0 Å². The molecule has 1 aliphatic rings. The first-order valence-electron chi connectivity index (χ1n) is 5.61. The zero-order valence-corrected chi connectivity index (χ0v) is 8.79. The van der Waals surface area contributed by atoms with Gasteiger partial charge in [0.2, 0.25) is 0 Å². The van der Waals surface area contributed by atoms with E-state index in [1.165, 1.54) is 6.42 Å².